The Labute approximate surface area is 268 Å². The Balaban J connectivity index is 1.38. The van der Waals surface area contributed by atoms with Gasteiger partial charge in [0.15, 0.2) is 11.6 Å². The first-order chi connectivity index (χ1) is 22.4. The molecule has 1 aromatic heterocycles. The van der Waals surface area contributed by atoms with Crippen molar-refractivity contribution < 1.29 is 32.3 Å². The molecule has 1 saturated heterocycles. The molecular weight excluding hydrogens is 616 g/mol. The number of hydrogen-bond acceptors (Lipinski definition) is 6. The molecule has 2 heterocycles. The molecule has 1 fully saturated rings. The number of aromatic nitrogens is 1. The van der Waals surface area contributed by atoms with Crippen molar-refractivity contribution in [1.29, 1.82) is 0 Å². The van der Waals surface area contributed by atoms with Crippen LogP contribution in [0.25, 0.3) is 5.76 Å². The fourth-order valence-electron chi connectivity index (χ4n) is 5.41. The minimum absolute atomic E-state index is 0.114. The number of amides is 1. The second kappa shape index (κ2) is 13.9. The molecule has 8 nitrogen and oxygen atoms in total. The first-order valence-electron chi connectivity index (χ1n) is 14.8. The zero-order valence-corrected chi connectivity index (χ0v) is 25.7. The predicted molar refractivity (Wildman–Crippen MR) is 171 cm³/mol. The Hall–Kier alpha value is -5.39. The average molecular weight is 649 g/mol. The Morgan fingerprint density at radius 1 is 0.872 bits per heavy atom. The summed E-state index contributed by atoms with van der Waals surface area (Å²) in [6, 6.07) is 15.9. The molecule has 244 valence electrons. The van der Waals surface area contributed by atoms with Gasteiger partial charge in [-0.1, -0.05) is 18.2 Å². The molecule has 47 heavy (non-hydrogen) atoms. The van der Waals surface area contributed by atoms with Gasteiger partial charge in [-0.3, -0.25) is 14.4 Å². The van der Waals surface area contributed by atoms with Gasteiger partial charge >= 0.3 is 0 Å². The van der Waals surface area contributed by atoms with Crippen molar-refractivity contribution in [2.75, 3.05) is 50.1 Å². The van der Waals surface area contributed by atoms with Crippen LogP contribution < -0.4 is 15.4 Å². The van der Waals surface area contributed by atoms with E-state index in [1.54, 1.807) is 6.07 Å². The maximum Gasteiger partial charge on any atom is 0.294 e. The van der Waals surface area contributed by atoms with Gasteiger partial charge in [-0.2, -0.15) is 0 Å². The number of piperazine rings is 1. The monoisotopic (exact) mass is 648 g/mol. The summed E-state index contributed by atoms with van der Waals surface area (Å²) in [5, 5.41) is 10.9. The third-order valence-corrected chi connectivity index (χ3v) is 7.96. The summed E-state index contributed by atoms with van der Waals surface area (Å²) in [6.07, 6.45) is 1.47. The lowest BCUT2D eigenvalue weighted by Gasteiger charge is -2.35. The first-order valence-corrected chi connectivity index (χ1v) is 14.8. The van der Waals surface area contributed by atoms with E-state index < -0.39 is 58.3 Å². The summed E-state index contributed by atoms with van der Waals surface area (Å²) in [5.41, 5.74) is 0.593. The number of carbonyl (C=O) groups excluding carboxylic acids is 2. The number of pyridine rings is 1. The molecule has 4 aromatic rings. The van der Waals surface area contributed by atoms with E-state index in [-0.39, 0.29) is 36.3 Å². The molecule has 5 rings (SSSR count). The van der Waals surface area contributed by atoms with Crippen LogP contribution >= 0.6 is 0 Å². The largest absolute Gasteiger partial charge is 0.507 e. The summed E-state index contributed by atoms with van der Waals surface area (Å²) >= 11 is 0. The fourth-order valence-corrected chi connectivity index (χ4v) is 5.41. The van der Waals surface area contributed by atoms with Crippen LogP contribution in [0.1, 0.15) is 22.3 Å². The highest BCUT2D eigenvalue weighted by atomic mass is 19.2. The van der Waals surface area contributed by atoms with Crippen LogP contribution in [0.15, 0.2) is 83.8 Å². The molecule has 0 spiro atoms. The van der Waals surface area contributed by atoms with Crippen LogP contribution in [0.4, 0.5) is 28.9 Å². The number of ketones is 1. The number of halogens is 4. The van der Waals surface area contributed by atoms with Crippen molar-refractivity contribution in [3.8, 4) is 0 Å². The summed E-state index contributed by atoms with van der Waals surface area (Å²) < 4.78 is 57.8. The number of aliphatic hydroxyl groups is 1. The van der Waals surface area contributed by atoms with Crippen LogP contribution in [-0.2, 0) is 22.6 Å². The maximum absolute atomic E-state index is 14.5. The second-order valence-corrected chi connectivity index (χ2v) is 11.4. The quantitative estimate of drug-likeness (QED) is 0.0912. The van der Waals surface area contributed by atoms with Gasteiger partial charge in [0.2, 0.25) is 5.78 Å². The molecule has 0 bridgehead atoms. The van der Waals surface area contributed by atoms with Crippen molar-refractivity contribution in [1.82, 2.24) is 9.47 Å². The molecule has 1 aliphatic rings. The van der Waals surface area contributed by atoms with Gasteiger partial charge in [-0.15, -0.1) is 0 Å². The summed E-state index contributed by atoms with van der Waals surface area (Å²) in [6.45, 7) is 1.12. The van der Waals surface area contributed by atoms with E-state index in [4.69, 9.17) is 0 Å². The Morgan fingerprint density at radius 3 is 2.21 bits per heavy atom. The lowest BCUT2D eigenvalue weighted by molar-refractivity contribution is -0.142. The van der Waals surface area contributed by atoms with E-state index in [0.29, 0.717) is 25.2 Å². The molecule has 12 heteroatoms. The van der Waals surface area contributed by atoms with Gasteiger partial charge in [0, 0.05) is 82.0 Å². The lowest BCUT2D eigenvalue weighted by atomic mass is 10.0. The Bertz CT molecular complexity index is 1900. The maximum atomic E-state index is 14.5. The summed E-state index contributed by atoms with van der Waals surface area (Å²) in [4.78, 5) is 44.8. The van der Waals surface area contributed by atoms with Gasteiger partial charge in [-0.25, -0.2) is 17.6 Å². The Kier molecular flexibility index (Phi) is 9.78. The highest BCUT2D eigenvalue weighted by molar-refractivity contribution is 6.41. The standard InChI is InChI=1S/C35H32F4N4O4/c1-40(2)26-7-9-27(10-8-26)41-11-13-42(14-12-41)35(47)32(45)19-31(44)28-16-22(15-24-17-25(36)18-30(38)33(24)39)20-43(34(28)46)21-23-5-3-4-6-29(23)37/h3-10,16-20,44H,11-15,21H2,1-2H3/b31-19+. The van der Waals surface area contributed by atoms with Gasteiger partial charge in [0.25, 0.3) is 11.5 Å². The highest BCUT2D eigenvalue weighted by Gasteiger charge is 2.26. The van der Waals surface area contributed by atoms with E-state index in [9.17, 15) is 37.1 Å². The van der Waals surface area contributed by atoms with E-state index >= 15 is 0 Å². The van der Waals surface area contributed by atoms with Gasteiger partial charge in [0.1, 0.15) is 17.4 Å². The second-order valence-electron chi connectivity index (χ2n) is 11.4. The number of carbonyl (C=O) groups is 2. The number of rotatable bonds is 9. The molecule has 0 atom stereocenters. The SMILES string of the molecule is CN(C)c1ccc(N2CCN(C(=O)C(=O)/C=C(/O)c3cc(Cc4cc(F)cc(F)c4F)cn(Cc4ccccc4F)c3=O)CC2)cc1. The normalized spacial score (nSPS) is 13.5. The molecule has 0 radical (unpaired) electrons. The van der Waals surface area contributed by atoms with Crippen molar-refractivity contribution in [3.05, 3.63) is 135 Å². The van der Waals surface area contributed by atoms with Crippen molar-refractivity contribution in [3.63, 3.8) is 0 Å². The predicted octanol–water partition coefficient (Wildman–Crippen LogP) is 4.93. The van der Waals surface area contributed by atoms with Crippen LogP contribution in [0.5, 0.6) is 0 Å². The third-order valence-electron chi connectivity index (χ3n) is 7.96. The Morgan fingerprint density at radius 2 is 1.55 bits per heavy atom. The topological polar surface area (TPSA) is 86.1 Å². The van der Waals surface area contributed by atoms with E-state index in [1.165, 1.54) is 29.3 Å². The molecular formula is C35H32F4N4O4. The van der Waals surface area contributed by atoms with E-state index in [1.807, 2.05) is 43.3 Å². The minimum Gasteiger partial charge on any atom is -0.507 e. The lowest BCUT2D eigenvalue weighted by Crippen LogP contribution is -2.50. The molecule has 0 saturated carbocycles. The molecule has 3 aromatic carbocycles. The fraction of sp³-hybridized carbons (Fsp3) is 0.229. The minimum atomic E-state index is -1.41. The van der Waals surface area contributed by atoms with Crippen molar-refractivity contribution in [2.24, 2.45) is 0 Å². The van der Waals surface area contributed by atoms with Crippen LogP contribution in [-0.4, -0.2) is 66.5 Å². The van der Waals surface area contributed by atoms with E-state index in [2.05, 4.69) is 4.90 Å². The van der Waals surface area contributed by atoms with E-state index in [0.717, 1.165) is 28.1 Å². The van der Waals surface area contributed by atoms with Gasteiger partial charge < -0.3 is 24.4 Å². The third kappa shape index (κ3) is 7.54. The number of benzene rings is 3. The van der Waals surface area contributed by atoms with Crippen molar-refractivity contribution >= 4 is 28.8 Å². The number of aliphatic hydroxyl groups excluding tert-OH is 1. The average Bonchev–Trinajstić information content (AvgIpc) is 3.05. The van der Waals surface area contributed by atoms with Crippen molar-refractivity contribution in [2.45, 2.75) is 13.0 Å². The smallest absolute Gasteiger partial charge is 0.294 e. The molecule has 1 aliphatic heterocycles. The first kappa shape index (κ1) is 33.0. The van der Waals surface area contributed by atoms with Crippen LogP contribution in [0, 0.1) is 23.3 Å². The number of anilines is 2. The van der Waals surface area contributed by atoms with Crippen LogP contribution in [0.2, 0.25) is 0 Å². The summed E-state index contributed by atoms with van der Waals surface area (Å²) in [7, 11) is 3.88. The number of hydrogen-bond donors (Lipinski definition) is 1. The molecule has 0 aliphatic carbocycles. The number of nitrogens with zero attached hydrogens (tertiary/aromatic N) is 4. The van der Waals surface area contributed by atoms with Gasteiger partial charge in [-0.05, 0) is 53.6 Å². The van der Waals surface area contributed by atoms with Gasteiger partial charge in [0.05, 0.1) is 12.1 Å². The highest BCUT2D eigenvalue weighted by Crippen LogP contribution is 2.22. The molecule has 1 amide bonds. The zero-order chi connectivity index (χ0) is 33.8. The summed E-state index contributed by atoms with van der Waals surface area (Å²) in [5.74, 6) is -7.14. The zero-order valence-electron chi connectivity index (χ0n) is 25.7. The molecule has 0 unspecified atom stereocenters. The van der Waals surface area contributed by atoms with Crippen LogP contribution in [0.3, 0.4) is 0 Å². The molecule has 1 N–H and O–H groups in total.